The number of benzene rings is 3. The largest absolute Gasteiger partial charge is 0.537 e. The highest BCUT2D eigenvalue weighted by atomic mass is 32.7. The van der Waals surface area contributed by atoms with Gasteiger partial charge in [0.2, 0.25) is 0 Å². The van der Waals surface area contributed by atoms with Crippen LogP contribution >= 0.6 is 18.2 Å². The molecule has 5 aromatic rings. The molecule has 0 aliphatic carbocycles. The van der Waals surface area contributed by atoms with Crippen LogP contribution in [0.25, 0.3) is 22.1 Å². The molecule has 3 aromatic carbocycles. The van der Waals surface area contributed by atoms with E-state index in [1.807, 2.05) is 55.5 Å². The van der Waals surface area contributed by atoms with E-state index in [9.17, 15) is 4.57 Å². The van der Waals surface area contributed by atoms with Crippen LogP contribution in [0.15, 0.2) is 77.7 Å². The van der Waals surface area contributed by atoms with Crippen LogP contribution in [0.3, 0.4) is 0 Å². The molecule has 0 atom stereocenters. The summed E-state index contributed by atoms with van der Waals surface area (Å²) in [5, 5.41) is 16.0. The minimum Gasteiger partial charge on any atom is -0.294 e. The van der Waals surface area contributed by atoms with E-state index in [2.05, 4.69) is 20.6 Å². The lowest BCUT2D eigenvalue weighted by molar-refractivity contribution is 0.159. The number of rotatable bonds is 6. The van der Waals surface area contributed by atoms with E-state index >= 15 is 0 Å². The topological polar surface area (TPSA) is 97.0 Å². The zero-order chi connectivity index (χ0) is 20.6. The van der Waals surface area contributed by atoms with Gasteiger partial charge in [-0.15, -0.1) is 10.2 Å². The molecule has 0 amide bonds. The molecule has 30 heavy (non-hydrogen) atoms. The Morgan fingerprint density at radius 2 is 1.27 bits per heavy atom. The van der Waals surface area contributed by atoms with Crippen LogP contribution in [0, 0.1) is 6.92 Å². The van der Waals surface area contributed by atoms with Crippen molar-refractivity contribution in [3.63, 3.8) is 0 Å². The van der Waals surface area contributed by atoms with Gasteiger partial charge < -0.3 is 0 Å². The molecule has 2 heterocycles. The molecule has 150 valence electrons. The van der Waals surface area contributed by atoms with E-state index in [0.717, 1.165) is 26.6 Å². The second kappa shape index (κ2) is 7.47. The first kappa shape index (κ1) is 18.7. The van der Waals surface area contributed by atoms with Gasteiger partial charge in [-0.1, -0.05) is 51.7 Å². The van der Waals surface area contributed by atoms with E-state index in [4.69, 9.17) is 9.25 Å². The number of aryl methyl sites for hydroxylation is 1. The summed E-state index contributed by atoms with van der Waals surface area (Å²) < 4.78 is 25.4. The molecular weight excluding hydrogens is 423 g/mol. The molecule has 0 saturated carbocycles. The molecule has 2 aromatic heterocycles. The van der Waals surface area contributed by atoms with Crippen molar-refractivity contribution < 1.29 is 13.8 Å². The summed E-state index contributed by atoms with van der Waals surface area (Å²) in [4.78, 5) is 2.92. The number of aromatic nitrogens is 6. The van der Waals surface area contributed by atoms with E-state index in [1.54, 1.807) is 24.3 Å². The number of hydrogen-bond acceptors (Lipinski definition) is 8. The highest BCUT2D eigenvalue weighted by Gasteiger charge is 2.34. The lowest BCUT2D eigenvalue weighted by Gasteiger charge is -2.17. The van der Waals surface area contributed by atoms with Gasteiger partial charge in [0.15, 0.2) is 0 Å². The van der Waals surface area contributed by atoms with Gasteiger partial charge in [-0.2, -0.15) is 0 Å². The minimum atomic E-state index is -3.90. The van der Waals surface area contributed by atoms with Gasteiger partial charge in [-0.25, -0.2) is 4.57 Å². The van der Waals surface area contributed by atoms with Crippen molar-refractivity contribution in [2.75, 3.05) is 0 Å². The zero-order valence-corrected chi connectivity index (χ0v) is 17.4. The fourth-order valence-corrected chi connectivity index (χ4v) is 5.73. The number of para-hydroxylation sites is 2. The van der Waals surface area contributed by atoms with Crippen molar-refractivity contribution in [1.82, 2.24) is 30.3 Å². The van der Waals surface area contributed by atoms with Crippen molar-refractivity contribution in [2.45, 2.75) is 11.8 Å². The third kappa shape index (κ3) is 3.62. The first-order valence-corrected chi connectivity index (χ1v) is 11.9. The van der Waals surface area contributed by atoms with Crippen molar-refractivity contribution in [3.05, 3.63) is 78.4 Å². The summed E-state index contributed by atoms with van der Waals surface area (Å²) in [5.41, 5.74) is 3.43. The predicted octanol–water partition coefficient (Wildman–Crippen LogP) is 3.94. The lowest BCUT2D eigenvalue weighted by Crippen LogP contribution is -2.18. The van der Waals surface area contributed by atoms with Crippen LogP contribution < -0.4 is 9.25 Å². The fraction of sp³-hybridized carbons (Fsp3) is 0.0526. The second-order valence-corrected chi connectivity index (χ2v) is 10.2. The van der Waals surface area contributed by atoms with Crippen LogP contribution in [0.4, 0.5) is 0 Å². The summed E-state index contributed by atoms with van der Waals surface area (Å²) in [6.45, 7) is -1.93. The van der Waals surface area contributed by atoms with Crippen molar-refractivity contribution in [2.24, 2.45) is 0 Å². The number of nitrogens with zero attached hydrogens (tertiary/aromatic N) is 6. The number of hydrogen-bond donors (Lipinski definition) is 0. The zero-order valence-electron chi connectivity index (χ0n) is 15.7. The van der Waals surface area contributed by atoms with Crippen LogP contribution in [0.5, 0.6) is 0 Å². The van der Waals surface area contributed by atoms with Gasteiger partial charge in [0.25, 0.3) is 0 Å². The van der Waals surface area contributed by atoms with Gasteiger partial charge in [-0.05, 0) is 53.7 Å². The first-order valence-electron chi connectivity index (χ1n) is 8.97. The van der Waals surface area contributed by atoms with Gasteiger partial charge in [0, 0.05) is 16.3 Å². The van der Waals surface area contributed by atoms with Crippen LogP contribution in [0.1, 0.15) is 5.56 Å². The Morgan fingerprint density at radius 1 is 0.767 bits per heavy atom. The van der Waals surface area contributed by atoms with Crippen molar-refractivity contribution >= 4 is 40.2 Å². The molecule has 0 fully saturated rings. The lowest BCUT2D eigenvalue weighted by atomic mass is 10.2. The second-order valence-electron chi connectivity index (χ2n) is 6.42. The quantitative estimate of drug-likeness (QED) is 0.368. The Balaban J connectivity index is 1.54. The Morgan fingerprint density at radius 3 is 1.80 bits per heavy atom. The molecule has 0 aliphatic rings. The van der Waals surface area contributed by atoms with E-state index < -0.39 is 6.80 Å². The average Bonchev–Trinajstić information content (AvgIpc) is 3.34. The SMILES string of the molecule is Cc1ccc(SP(=O)(On2nnc3ccccc32)On2nnc3ccccc32)cc1. The van der Waals surface area contributed by atoms with Gasteiger partial charge in [-0.3, -0.25) is 9.25 Å². The molecule has 0 N–H and O–H groups in total. The Hall–Kier alpha value is -3.36. The molecule has 11 heteroatoms. The van der Waals surface area contributed by atoms with Crippen LogP contribution in [-0.2, 0) is 4.57 Å². The summed E-state index contributed by atoms with van der Waals surface area (Å²) >= 11 is 0.947. The maximum absolute atomic E-state index is 13.8. The smallest absolute Gasteiger partial charge is 0.294 e. The normalized spacial score (nSPS) is 11.8. The average molecular weight is 438 g/mol. The molecule has 0 spiro atoms. The van der Waals surface area contributed by atoms with Gasteiger partial charge >= 0.3 is 6.80 Å². The molecule has 5 rings (SSSR count). The standard InChI is InChI=1S/C19H15N6O3PS/c1-14-10-12-15(13-11-14)30-29(26,27-24-18-8-4-2-6-16(18)20-22-24)28-25-19-9-5-3-7-17(19)21-23-25/h2-13H,1H3. The van der Waals surface area contributed by atoms with Crippen molar-refractivity contribution in [3.8, 4) is 0 Å². The molecule has 0 bridgehead atoms. The molecule has 0 unspecified atom stereocenters. The summed E-state index contributed by atoms with van der Waals surface area (Å²) in [5.74, 6) is 0. The highest BCUT2D eigenvalue weighted by Crippen LogP contribution is 2.58. The van der Waals surface area contributed by atoms with Crippen LogP contribution in [0.2, 0.25) is 0 Å². The molecule has 0 radical (unpaired) electrons. The molecule has 0 aliphatic heterocycles. The highest BCUT2D eigenvalue weighted by molar-refractivity contribution is 8.55. The molecule has 9 nitrogen and oxygen atoms in total. The van der Waals surface area contributed by atoms with E-state index in [1.165, 1.54) is 0 Å². The summed E-state index contributed by atoms with van der Waals surface area (Å²) in [7, 11) is 0. The third-order valence-corrected chi connectivity index (χ3v) is 7.36. The van der Waals surface area contributed by atoms with Crippen molar-refractivity contribution in [1.29, 1.82) is 0 Å². The van der Waals surface area contributed by atoms with Gasteiger partial charge in [0.05, 0.1) is 0 Å². The number of fused-ring (bicyclic) bond motifs is 2. The van der Waals surface area contributed by atoms with Gasteiger partial charge in [0.1, 0.15) is 22.1 Å². The first-order chi connectivity index (χ1) is 14.6. The van der Waals surface area contributed by atoms with Crippen LogP contribution in [-0.4, -0.2) is 30.3 Å². The maximum atomic E-state index is 13.8. The third-order valence-electron chi connectivity index (χ3n) is 4.24. The Bertz CT molecular complexity index is 1300. The minimum absolute atomic E-state index is 0.564. The fourth-order valence-electron chi connectivity index (χ4n) is 2.78. The summed E-state index contributed by atoms with van der Waals surface area (Å²) in [6.07, 6.45) is 0. The predicted molar refractivity (Wildman–Crippen MR) is 113 cm³/mol. The monoisotopic (exact) mass is 438 g/mol. The van der Waals surface area contributed by atoms with E-state index in [-0.39, 0.29) is 0 Å². The Kier molecular flexibility index (Phi) is 4.65. The molecule has 0 saturated heterocycles. The summed E-state index contributed by atoms with van der Waals surface area (Å²) in [6, 6.07) is 21.9. The molecular formula is C19H15N6O3PS. The Labute approximate surface area is 174 Å². The maximum Gasteiger partial charge on any atom is 0.537 e. The van der Waals surface area contributed by atoms with E-state index in [0.29, 0.717) is 27.0 Å².